The Morgan fingerprint density at radius 1 is 0.441 bits per heavy atom. The largest absolute Gasteiger partial charge is 0.319 e. The minimum absolute atomic E-state index is 0.236. The van der Waals surface area contributed by atoms with Crippen LogP contribution in [0.5, 0.6) is 0 Å². The van der Waals surface area contributed by atoms with Gasteiger partial charge < -0.3 is 10.6 Å². The van der Waals surface area contributed by atoms with E-state index in [1.165, 1.54) is 0 Å². The van der Waals surface area contributed by atoms with Gasteiger partial charge in [-0.1, -0.05) is 94.9 Å². The number of para-hydroxylation sites is 2. The summed E-state index contributed by atoms with van der Waals surface area (Å²) < 4.78 is 0. The molecule has 0 heterocycles. The molecule has 0 atom stereocenters. The average molecular weight is 532 g/mol. The second kappa shape index (κ2) is 12.4. The molecular formula is C26H18Cl4N2O2. The molecule has 0 aliphatic carbocycles. The highest BCUT2D eigenvalue weighted by molar-refractivity contribution is 6.40. The van der Waals surface area contributed by atoms with Crippen LogP contribution in [0.1, 0.15) is 20.7 Å². The molecule has 0 saturated heterocycles. The first-order chi connectivity index (χ1) is 16.4. The van der Waals surface area contributed by atoms with Crippen molar-refractivity contribution >= 4 is 69.6 Å². The zero-order valence-electron chi connectivity index (χ0n) is 17.6. The molecule has 4 rings (SSSR count). The number of rotatable bonds is 4. The summed E-state index contributed by atoms with van der Waals surface area (Å²) in [6.07, 6.45) is 0. The van der Waals surface area contributed by atoms with E-state index in [9.17, 15) is 9.59 Å². The van der Waals surface area contributed by atoms with Crippen LogP contribution in [0.2, 0.25) is 20.1 Å². The Labute approximate surface area is 217 Å². The monoisotopic (exact) mass is 530 g/mol. The molecule has 4 aromatic carbocycles. The van der Waals surface area contributed by atoms with Crippen LogP contribution in [0.3, 0.4) is 0 Å². The number of halogens is 4. The molecule has 0 aliphatic rings. The SMILES string of the molecule is O=C(Nc1c(Cl)cccc1Cl)c1ccccc1.O=C(Nc1c(Cl)cccc1Cl)c1ccccc1. The van der Waals surface area contributed by atoms with Crippen LogP contribution in [-0.4, -0.2) is 11.8 Å². The Morgan fingerprint density at radius 3 is 1.03 bits per heavy atom. The van der Waals surface area contributed by atoms with Gasteiger partial charge in [0.2, 0.25) is 0 Å². The van der Waals surface area contributed by atoms with Gasteiger partial charge in [-0.05, 0) is 48.5 Å². The smallest absolute Gasteiger partial charge is 0.255 e. The van der Waals surface area contributed by atoms with E-state index in [0.717, 1.165) is 0 Å². The number of carbonyl (C=O) groups is 2. The molecule has 0 spiro atoms. The van der Waals surface area contributed by atoms with Crippen molar-refractivity contribution in [2.24, 2.45) is 0 Å². The van der Waals surface area contributed by atoms with Crippen molar-refractivity contribution in [3.63, 3.8) is 0 Å². The average Bonchev–Trinajstić information content (AvgIpc) is 2.85. The Kier molecular flexibility index (Phi) is 9.37. The van der Waals surface area contributed by atoms with E-state index in [1.54, 1.807) is 84.9 Å². The van der Waals surface area contributed by atoms with E-state index in [2.05, 4.69) is 10.6 Å². The van der Waals surface area contributed by atoms with Crippen LogP contribution in [0.15, 0.2) is 97.1 Å². The minimum Gasteiger partial charge on any atom is -0.319 e. The van der Waals surface area contributed by atoms with Crippen molar-refractivity contribution in [1.82, 2.24) is 0 Å². The van der Waals surface area contributed by atoms with E-state index in [1.807, 2.05) is 12.1 Å². The molecule has 4 aromatic rings. The van der Waals surface area contributed by atoms with E-state index in [4.69, 9.17) is 46.4 Å². The molecule has 0 aromatic heterocycles. The molecule has 8 heteroatoms. The summed E-state index contributed by atoms with van der Waals surface area (Å²) in [6.45, 7) is 0. The molecular weight excluding hydrogens is 514 g/mol. The topological polar surface area (TPSA) is 58.2 Å². The third-order valence-electron chi connectivity index (χ3n) is 4.47. The number of hydrogen-bond acceptors (Lipinski definition) is 2. The van der Waals surface area contributed by atoms with Crippen LogP contribution in [0.4, 0.5) is 11.4 Å². The van der Waals surface area contributed by atoms with Crippen LogP contribution in [0, 0.1) is 0 Å². The third kappa shape index (κ3) is 6.99. The van der Waals surface area contributed by atoms with E-state index in [0.29, 0.717) is 42.6 Å². The van der Waals surface area contributed by atoms with Crippen LogP contribution in [-0.2, 0) is 0 Å². The van der Waals surface area contributed by atoms with Crippen LogP contribution >= 0.6 is 46.4 Å². The quantitative estimate of drug-likeness (QED) is 0.277. The number of carbonyl (C=O) groups excluding carboxylic acids is 2. The molecule has 0 unspecified atom stereocenters. The molecule has 0 saturated carbocycles. The summed E-state index contributed by atoms with van der Waals surface area (Å²) in [5.41, 5.74) is 1.99. The predicted octanol–water partition coefficient (Wildman–Crippen LogP) is 8.49. The second-order valence-corrected chi connectivity index (χ2v) is 8.46. The van der Waals surface area contributed by atoms with Gasteiger partial charge in [0.05, 0.1) is 31.5 Å². The zero-order valence-corrected chi connectivity index (χ0v) is 20.6. The van der Waals surface area contributed by atoms with Crippen molar-refractivity contribution in [2.75, 3.05) is 10.6 Å². The summed E-state index contributed by atoms with van der Waals surface area (Å²) in [5, 5.41) is 7.06. The van der Waals surface area contributed by atoms with Gasteiger partial charge in [-0.2, -0.15) is 0 Å². The lowest BCUT2D eigenvalue weighted by Gasteiger charge is -2.08. The maximum atomic E-state index is 11.9. The number of anilines is 2. The fraction of sp³-hybridized carbons (Fsp3) is 0. The highest BCUT2D eigenvalue weighted by Crippen LogP contribution is 2.31. The van der Waals surface area contributed by atoms with Crippen LogP contribution in [0.25, 0.3) is 0 Å². The summed E-state index contributed by atoms with van der Waals surface area (Å²) >= 11 is 23.8. The lowest BCUT2D eigenvalue weighted by Crippen LogP contribution is -2.12. The number of nitrogens with one attached hydrogen (secondary N) is 2. The zero-order chi connectivity index (χ0) is 24.5. The third-order valence-corrected chi connectivity index (χ3v) is 5.73. The van der Waals surface area contributed by atoms with Gasteiger partial charge >= 0.3 is 0 Å². The molecule has 2 amide bonds. The lowest BCUT2D eigenvalue weighted by molar-refractivity contribution is 0.101. The lowest BCUT2D eigenvalue weighted by atomic mass is 10.2. The molecule has 2 N–H and O–H groups in total. The summed E-state index contributed by atoms with van der Waals surface area (Å²) in [4.78, 5) is 23.8. The van der Waals surface area contributed by atoms with Crippen molar-refractivity contribution < 1.29 is 9.59 Å². The first-order valence-corrected chi connectivity index (χ1v) is 11.5. The Bertz CT molecular complexity index is 1140. The molecule has 0 bridgehead atoms. The first kappa shape index (κ1) is 25.6. The van der Waals surface area contributed by atoms with Crippen molar-refractivity contribution in [3.05, 3.63) is 128 Å². The number of hydrogen-bond donors (Lipinski definition) is 2. The van der Waals surface area contributed by atoms with Crippen molar-refractivity contribution in [1.29, 1.82) is 0 Å². The standard InChI is InChI=1S/2C13H9Cl2NO/c2*14-10-7-4-8-11(15)12(10)16-13(17)9-5-2-1-3-6-9/h2*1-8H,(H,16,17). The molecule has 4 nitrogen and oxygen atoms in total. The Morgan fingerprint density at radius 2 is 0.735 bits per heavy atom. The van der Waals surface area contributed by atoms with Gasteiger partial charge in [-0.25, -0.2) is 0 Å². The number of amides is 2. The van der Waals surface area contributed by atoms with E-state index >= 15 is 0 Å². The minimum atomic E-state index is -0.236. The maximum absolute atomic E-state index is 11.9. The van der Waals surface area contributed by atoms with Gasteiger partial charge in [-0.3, -0.25) is 9.59 Å². The summed E-state index contributed by atoms with van der Waals surface area (Å²) in [7, 11) is 0. The summed E-state index contributed by atoms with van der Waals surface area (Å²) in [5.74, 6) is -0.471. The fourth-order valence-corrected chi connectivity index (χ4v) is 3.77. The molecule has 172 valence electrons. The van der Waals surface area contributed by atoms with E-state index < -0.39 is 0 Å². The first-order valence-electron chi connectivity index (χ1n) is 9.97. The van der Waals surface area contributed by atoms with Crippen molar-refractivity contribution in [2.45, 2.75) is 0 Å². The van der Waals surface area contributed by atoms with E-state index in [-0.39, 0.29) is 11.8 Å². The molecule has 0 radical (unpaired) electrons. The van der Waals surface area contributed by atoms with Crippen molar-refractivity contribution in [3.8, 4) is 0 Å². The maximum Gasteiger partial charge on any atom is 0.255 e. The Hall–Kier alpha value is -3.02. The van der Waals surface area contributed by atoms with Gasteiger partial charge in [0.1, 0.15) is 0 Å². The van der Waals surface area contributed by atoms with Gasteiger partial charge in [0.15, 0.2) is 0 Å². The molecule has 0 fully saturated rings. The second-order valence-electron chi connectivity index (χ2n) is 6.83. The molecule has 0 aliphatic heterocycles. The highest BCUT2D eigenvalue weighted by atomic mass is 35.5. The van der Waals surface area contributed by atoms with Gasteiger partial charge in [0.25, 0.3) is 11.8 Å². The molecule has 34 heavy (non-hydrogen) atoms. The Balaban J connectivity index is 0.000000191. The predicted molar refractivity (Wildman–Crippen MR) is 142 cm³/mol. The highest BCUT2D eigenvalue weighted by Gasteiger charge is 2.11. The summed E-state index contributed by atoms with van der Waals surface area (Å²) in [6, 6.07) is 27.9. The fourth-order valence-electron chi connectivity index (χ4n) is 2.78. The van der Waals surface area contributed by atoms with Gasteiger partial charge in [0, 0.05) is 11.1 Å². The van der Waals surface area contributed by atoms with Crippen LogP contribution < -0.4 is 10.6 Å². The van der Waals surface area contributed by atoms with Gasteiger partial charge in [-0.15, -0.1) is 0 Å². The number of benzene rings is 4. The normalized spacial score (nSPS) is 10.0.